The summed E-state index contributed by atoms with van der Waals surface area (Å²) in [4.78, 5) is 7.95. The average Bonchev–Trinajstić information content (AvgIpc) is 2.86. The van der Waals surface area contributed by atoms with Gasteiger partial charge in [-0.25, -0.2) is 0 Å². The average molecular weight is 338 g/mol. The van der Waals surface area contributed by atoms with Crippen LogP contribution in [0.3, 0.4) is 0 Å². The Bertz CT molecular complexity index is 833. The van der Waals surface area contributed by atoms with E-state index >= 15 is 0 Å². The van der Waals surface area contributed by atoms with Crippen LogP contribution in [-0.2, 0) is 13.1 Å². The highest BCUT2D eigenvalue weighted by atomic mass is 35.5. The third kappa shape index (κ3) is 2.94. The van der Waals surface area contributed by atoms with Gasteiger partial charge in [0.15, 0.2) is 0 Å². The predicted molar refractivity (Wildman–Crippen MR) is 87.6 cm³/mol. The van der Waals surface area contributed by atoms with Crippen LogP contribution in [0.4, 0.5) is 11.8 Å². The lowest BCUT2D eigenvalue weighted by atomic mass is 10.2. The van der Waals surface area contributed by atoms with Crippen molar-refractivity contribution in [2.45, 2.75) is 13.1 Å². The standard InChI is InChI=1S/C14H13Cl2N5O/c15-9-2-1-7(3-10(9)16)4-19-5-8-6-22-13-11(8)12(17)20-14(18)21-13/h1-3,6,19H,4-5H2,(H4,17,18,20,21). The van der Waals surface area contributed by atoms with Gasteiger partial charge in [0.25, 0.3) is 0 Å². The first-order chi connectivity index (χ1) is 10.5. The van der Waals surface area contributed by atoms with Crippen molar-refractivity contribution in [3.8, 4) is 0 Å². The van der Waals surface area contributed by atoms with Gasteiger partial charge in [-0.1, -0.05) is 29.3 Å². The molecule has 6 nitrogen and oxygen atoms in total. The molecule has 0 saturated carbocycles. The van der Waals surface area contributed by atoms with Crippen molar-refractivity contribution >= 4 is 46.1 Å². The van der Waals surface area contributed by atoms with Crippen LogP contribution in [0.15, 0.2) is 28.9 Å². The van der Waals surface area contributed by atoms with Gasteiger partial charge in [0.2, 0.25) is 11.7 Å². The molecule has 0 aliphatic carbocycles. The summed E-state index contributed by atoms with van der Waals surface area (Å²) in [6.45, 7) is 1.17. The van der Waals surface area contributed by atoms with E-state index in [1.807, 2.05) is 12.1 Å². The Balaban J connectivity index is 1.73. The molecule has 5 N–H and O–H groups in total. The second-order valence-electron chi connectivity index (χ2n) is 4.76. The van der Waals surface area contributed by atoms with Crippen molar-refractivity contribution in [1.29, 1.82) is 0 Å². The van der Waals surface area contributed by atoms with E-state index in [2.05, 4.69) is 15.3 Å². The van der Waals surface area contributed by atoms with E-state index in [1.54, 1.807) is 12.3 Å². The fraction of sp³-hybridized carbons (Fsp3) is 0.143. The molecule has 3 rings (SSSR count). The summed E-state index contributed by atoms with van der Waals surface area (Å²) in [6.07, 6.45) is 1.59. The number of nitrogen functional groups attached to an aromatic ring is 2. The molecule has 0 radical (unpaired) electrons. The van der Waals surface area contributed by atoms with Crippen molar-refractivity contribution in [2.75, 3.05) is 11.5 Å². The van der Waals surface area contributed by atoms with Crippen molar-refractivity contribution < 1.29 is 4.42 Å². The zero-order valence-electron chi connectivity index (χ0n) is 11.4. The smallest absolute Gasteiger partial charge is 0.233 e. The molecule has 1 aromatic carbocycles. The number of nitrogens with zero attached hydrogens (tertiary/aromatic N) is 2. The van der Waals surface area contributed by atoms with Gasteiger partial charge in [-0.05, 0) is 17.7 Å². The SMILES string of the molecule is Nc1nc(N)c2c(CNCc3ccc(Cl)c(Cl)c3)coc2n1. The molecule has 3 aromatic rings. The number of halogens is 2. The maximum atomic E-state index is 5.99. The second kappa shape index (κ2) is 6.00. The van der Waals surface area contributed by atoms with Crippen molar-refractivity contribution in [3.05, 3.63) is 45.6 Å². The molecule has 0 aliphatic rings. The number of hydrogen-bond donors (Lipinski definition) is 3. The molecule has 0 atom stereocenters. The van der Waals surface area contributed by atoms with E-state index in [9.17, 15) is 0 Å². The first-order valence-corrected chi connectivity index (χ1v) is 7.24. The monoisotopic (exact) mass is 337 g/mol. The number of hydrogen-bond acceptors (Lipinski definition) is 6. The molecule has 8 heteroatoms. The number of nitrogens with two attached hydrogens (primary N) is 2. The van der Waals surface area contributed by atoms with Crippen LogP contribution in [0, 0.1) is 0 Å². The molecule has 2 heterocycles. The summed E-state index contributed by atoms with van der Waals surface area (Å²) in [5.41, 5.74) is 13.7. The van der Waals surface area contributed by atoms with Gasteiger partial charge >= 0.3 is 0 Å². The molecule has 0 saturated heterocycles. The molecule has 0 aliphatic heterocycles. The van der Waals surface area contributed by atoms with Gasteiger partial charge in [-0.3, -0.25) is 0 Å². The Morgan fingerprint density at radius 1 is 1.09 bits per heavy atom. The van der Waals surface area contributed by atoms with Gasteiger partial charge in [0.1, 0.15) is 5.82 Å². The van der Waals surface area contributed by atoms with Gasteiger partial charge in [0.05, 0.1) is 21.7 Å². The lowest BCUT2D eigenvalue weighted by Crippen LogP contribution is -2.12. The fourth-order valence-electron chi connectivity index (χ4n) is 2.17. The maximum Gasteiger partial charge on any atom is 0.233 e. The van der Waals surface area contributed by atoms with E-state index in [0.29, 0.717) is 40.1 Å². The highest BCUT2D eigenvalue weighted by Gasteiger charge is 2.12. The summed E-state index contributed by atoms with van der Waals surface area (Å²) < 4.78 is 5.36. The van der Waals surface area contributed by atoms with Gasteiger partial charge in [-0.2, -0.15) is 9.97 Å². The van der Waals surface area contributed by atoms with E-state index in [1.165, 1.54) is 0 Å². The molecule has 0 bridgehead atoms. The molecule has 114 valence electrons. The van der Waals surface area contributed by atoms with Gasteiger partial charge in [0, 0.05) is 18.7 Å². The van der Waals surface area contributed by atoms with E-state index < -0.39 is 0 Å². The predicted octanol–water partition coefficient (Wildman–Crippen LogP) is 2.98. The van der Waals surface area contributed by atoms with E-state index in [4.69, 9.17) is 39.1 Å². The zero-order chi connectivity index (χ0) is 15.7. The topological polar surface area (TPSA) is 103 Å². The Hall–Kier alpha value is -2.02. The Kier molecular flexibility index (Phi) is 4.06. The van der Waals surface area contributed by atoms with Crippen LogP contribution in [0.2, 0.25) is 10.0 Å². The molecule has 0 spiro atoms. The van der Waals surface area contributed by atoms with Gasteiger partial charge in [-0.15, -0.1) is 0 Å². The van der Waals surface area contributed by atoms with Crippen LogP contribution >= 0.6 is 23.2 Å². The number of aromatic nitrogens is 2. The summed E-state index contributed by atoms with van der Waals surface area (Å²) in [5.74, 6) is 0.400. The molecule has 0 amide bonds. The van der Waals surface area contributed by atoms with E-state index in [-0.39, 0.29) is 5.95 Å². The van der Waals surface area contributed by atoms with Crippen molar-refractivity contribution in [1.82, 2.24) is 15.3 Å². The lowest BCUT2D eigenvalue weighted by molar-refractivity contribution is 0.591. The summed E-state index contributed by atoms with van der Waals surface area (Å²) in [6, 6.07) is 5.50. The summed E-state index contributed by atoms with van der Waals surface area (Å²) >= 11 is 11.9. The number of anilines is 2. The Labute approximate surface area is 136 Å². The highest BCUT2D eigenvalue weighted by molar-refractivity contribution is 6.42. The summed E-state index contributed by atoms with van der Waals surface area (Å²) in [7, 11) is 0. The summed E-state index contributed by atoms with van der Waals surface area (Å²) in [5, 5.41) is 5.02. The van der Waals surface area contributed by atoms with Crippen LogP contribution in [0.25, 0.3) is 11.1 Å². The van der Waals surface area contributed by atoms with Crippen LogP contribution in [0.1, 0.15) is 11.1 Å². The molecule has 0 fully saturated rings. The zero-order valence-corrected chi connectivity index (χ0v) is 12.9. The van der Waals surface area contributed by atoms with Crippen molar-refractivity contribution in [2.24, 2.45) is 0 Å². The normalized spacial score (nSPS) is 11.2. The van der Waals surface area contributed by atoms with Crippen LogP contribution < -0.4 is 16.8 Å². The number of rotatable bonds is 4. The number of nitrogens with one attached hydrogen (secondary N) is 1. The highest BCUT2D eigenvalue weighted by Crippen LogP contribution is 2.25. The minimum absolute atomic E-state index is 0.0923. The number of furan rings is 1. The first-order valence-electron chi connectivity index (χ1n) is 6.48. The molecular formula is C14H13Cl2N5O. The van der Waals surface area contributed by atoms with E-state index in [0.717, 1.165) is 11.1 Å². The lowest BCUT2D eigenvalue weighted by Gasteiger charge is -2.06. The maximum absolute atomic E-state index is 5.99. The molecule has 0 unspecified atom stereocenters. The van der Waals surface area contributed by atoms with Gasteiger partial charge < -0.3 is 21.2 Å². The number of benzene rings is 1. The third-order valence-corrected chi connectivity index (χ3v) is 3.92. The fourth-order valence-corrected chi connectivity index (χ4v) is 2.49. The molecule has 22 heavy (non-hydrogen) atoms. The largest absolute Gasteiger partial charge is 0.446 e. The first kappa shape index (κ1) is 14.9. The quantitative estimate of drug-likeness (QED) is 0.676. The van der Waals surface area contributed by atoms with Crippen molar-refractivity contribution in [3.63, 3.8) is 0 Å². The Morgan fingerprint density at radius 2 is 1.91 bits per heavy atom. The second-order valence-corrected chi connectivity index (χ2v) is 5.57. The van der Waals surface area contributed by atoms with Crippen LogP contribution in [-0.4, -0.2) is 9.97 Å². The molecule has 2 aromatic heterocycles. The molecular weight excluding hydrogens is 325 g/mol. The minimum atomic E-state index is 0.0923. The Morgan fingerprint density at radius 3 is 2.68 bits per heavy atom. The minimum Gasteiger partial charge on any atom is -0.446 e. The third-order valence-electron chi connectivity index (χ3n) is 3.18. The number of fused-ring (bicyclic) bond motifs is 1. The van der Waals surface area contributed by atoms with Crippen LogP contribution in [0.5, 0.6) is 0 Å².